The summed E-state index contributed by atoms with van der Waals surface area (Å²) in [7, 11) is 0. The summed E-state index contributed by atoms with van der Waals surface area (Å²) in [6.07, 6.45) is 6.96. The summed E-state index contributed by atoms with van der Waals surface area (Å²) in [5, 5.41) is 9.34. The van der Waals surface area contributed by atoms with Crippen molar-refractivity contribution < 1.29 is 5.11 Å². The molecule has 0 aliphatic heterocycles. The molecule has 1 heteroatoms. The average molecular weight is 170 g/mol. The van der Waals surface area contributed by atoms with Crippen LogP contribution in [0.1, 0.15) is 46.0 Å². The van der Waals surface area contributed by atoms with E-state index in [0.29, 0.717) is 0 Å². The zero-order chi connectivity index (χ0) is 9.40. The third kappa shape index (κ3) is 7.80. The fourth-order valence-electron chi connectivity index (χ4n) is 1.24. The highest BCUT2D eigenvalue weighted by Crippen LogP contribution is 2.10. The highest BCUT2D eigenvalue weighted by atomic mass is 16.3. The fraction of sp³-hybridized carbons (Fsp3) is 0.818. The molecule has 1 nitrogen and oxygen atoms in total. The molecule has 1 atom stereocenters. The van der Waals surface area contributed by atoms with Gasteiger partial charge in [0.2, 0.25) is 0 Å². The van der Waals surface area contributed by atoms with Crippen LogP contribution in [0.4, 0.5) is 0 Å². The largest absolute Gasteiger partial charge is 0.393 e. The Bertz CT molecular complexity index is 108. The molecule has 0 aliphatic rings. The van der Waals surface area contributed by atoms with Crippen molar-refractivity contribution in [2.45, 2.75) is 52.1 Å². The Hall–Kier alpha value is -0.300. The SMILES string of the molecule is C=CC[C@@H](O)CCCCC(C)C. The van der Waals surface area contributed by atoms with Crippen molar-refractivity contribution in [1.82, 2.24) is 0 Å². The molecule has 0 bridgehead atoms. The van der Waals surface area contributed by atoms with Crippen LogP contribution in [-0.4, -0.2) is 11.2 Å². The van der Waals surface area contributed by atoms with Crippen molar-refractivity contribution >= 4 is 0 Å². The lowest BCUT2D eigenvalue weighted by Gasteiger charge is -2.08. The van der Waals surface area contributed by atoms with Crippen LogP contribution in [0, 0.1) is 5.92 Å². The van der Waals surface area contributed by atoms with E-state index >= 15 is 0 Å². The number of rotatable bonds is 7. The van der Waals surface area contributed by atoms with Gasteiger partial charge in [-0.1, -0.05) is 39.2 Å². The van der Waals surface area contributed by atoms with Crippen molar-refractivity contribution in [2.24, 2.45) is 5.92 Å². The minimum absolute atomic E-state index is 0.158. The van der Waals surface area contributed by atoms with E-state index in [1.165, 1.54) is 12.8 Å². The fourth-order valence-corrected chi connectivity index (χ4v) is 1.24. The first-order valence-corrected chi connectivity index (χ1v) is 4.95. The second kappa shape index (κ2) is 7.35. The molecule has 0 aromatic carbocycles. The maximum absolute atomic E-state index is 9.34. The second-order valence-corrected chi connectivity index (χ2v) is 3.86. The average Bonchev–Trinajstić information content (AvgIpc) is 1.98. The van der Waals surface area contributed by atoms with Crippen LogP contribution in [0.5, 0.6) is 0 Å². The van der Waals surface area contributed by atoms with Gasteiger partial charge in [0, 0.05) is 0 Å². The van der Waals surface area contributed by atoms with Crippen LogP contribution in [0.2, 0.25) is 0 Å². The summed E-state index contributed by atoms with van der Waals surface area (Å²) in [5.74, 6) is 0.793. The van der Waals surface area contributed by atoms with Gasteiger partial charge in [-0.2, -0.15) is 0 Å². The van der Waals surface area contributed by atoms with E-state index in [1.54, 1.807) is 6.08 Å². The molecule has 0 aromatic rings. The lowest BCUT2D eigenvalue weighted by Crippen LogP contribution is -2.04. The Labute approximate surface area is 76.5 Å². The van der Waals surface area contributed by atoms with E-state index in [9.17, 15) is 5.11 Å². The Morgan fingerprint density at radius 3 is 2.33 bits per heavy atom. The van der Waals surface area contributed by atoms with E-state index < -0.39 is 0 Å². The summed E-state index contributed by atoms with van der Waals surface area (Å²) in [6.45, 7) is 8.07. The molecule has 0 saturated heterocycles. The second-order valence-electron chi connectivity index (χ2n) is 3.86. The molecular formula is C11H22O. The predicted octanol–water partition coefficient (Wildman–Crippen LogP) is 3.14. The molecular weight excluding hydrogens is 148 g/mol. The maximum Gasteiger partial charge on any atom is 0.0574 e. The Morgan fingerprint density at radius 1 is 1.25 bits per heavy atom. The van der Waals surface area contributed by atoms with Crippen LogP contribution in [-0.2, 0) is 0 Å². The summed E-state index contributed by atoms with van der Waals surface area (Å²) in [4.78, 5) is 0. The highest BCUT2D eigenvalue weighted by Gasteiger charge is 2.01. The molecule has 0 amide bonds. The summed E-state index contributed by atoms with van der Waals surface area (Å²) in [6, 6.07) is 0. The first-order chi connectivity index (χ1) is 5.66. The number of hydrogen-bond acceptors (Lipinski definition) is 1. The van der Waals surface area contributed by atoms with Gasteiger partial charge in [0.1, 0.15) is 0 Å². The Kier molecular flexibility index (Phi) is 7.17. The van der Waals surface area contributed by atoms with E-state index in [1.807, 2.05) is 0 Å². The zero-order valence-electron chi connectivity index (χ0n) is 8.42. The van der Waals surface area contributed by atoms with Crippen LogP contribution < -0.4 is 0 Å². The smallest absolute Gasteiger partial charge is 0.0574 e. The molecule has 1 N–H and O–H groups in total. The van der Waals surface area contributed by atoms with Crippen molar-refractivity contribution in [3.63, 3.8) is 0 Å². The predicted molar refractivity (Wildman–Crippen MR) is 54.1 cm³/mol. The number of hydrogen-bond donors (Lipinski definition) is 1. The lowest BCUT2D eigenvalue weighted by molar-refractivity contribution is 0.163. The van der Waals surface area contributed by atoms with Gasteiger partial charge in [-0.3, -0.25) is 0 Å². The number of aliphatic hydroxyl groups excluding tert-OH is 1. The summed E-state index contributed by atoms with van der Waals surface area (Å²) < 4.78 is 0. The molecule has 12 heavy (non-hydrogen) atoms. The maximum atomic E-state index is 9.34. The molecule has 0 unspecified atom stereocenters. The van der Waals surface area contributed by atoms with E-state index in [-0.39, 0.29) is 6.10 Å². The molecule has 0 aromatic heterocycles. The Balaban J connectivity index is 3.13. The third-order valence-electron chi connectivity index (χ3n) is 2.01. The first-order valence-electron chi connectivity index (χ1n) is 4.95. The molecule has 0 fully saturated rings. The standard InChI is InChI=1S/C11H22O/c1-4-7-11(12)9-6-5-8-10(2)3/h4,10-12H,1,5-9H2,2-3H3/t11-/m1/s1. The normalized spacial score (nSPS) is 13.3. The monoisotopic (exact) mass is 170 g/mol. The quantitative estimate of drug-likeness (QED) is 0.459. The van der Waals surface area contributed by atoms with Crippen molar-refractivity contribution in [3.05, 3.63) is 12.7 Å². The third-order valence-corrected chi connectivity index (χ3v) is 2.01. The van der Waals surface area contributed by atoms with Gasteiger partial charge < -0.3 is 5.11 Å². The van der Waals surface area contributed by atoms with Gasteiger partial charge in [0.05, 0.1) is 6.10 Å². The minimum Gasteiger partial charge on any atom is -0.393 e. The van der Waals surface area contributed by atoms with Crippen molar-refractivity contribution in [3.8, 4) is 0 Å². The number of unbranched alkanes of at least 4 members (excludes halogenated alkanes) is 1. The van der Waals surface area contributed by atoms with Gasteiger partial charge in [-0.05, 0) is 18.8 Å². The first kappa shape index (κ1) is 11.7. The minimum atomic E-state index is -0.158. The molecule has 0 rings (SSSR count). The molecule has 0 saturated carbocycles. The van der Waals surface area contributed by atoms with Gasteiger partial charge in [0.25, 0.3) is 0 Å². The molecule has 0 spiro atoms. The summed E-state index contributed by atoms with van der Waals surface area (Å²) in [5.41, 5.74) is 0. The van der Waals surface area contributed by atoms with Crippen LogP contribution in [0.25, 0.3) is 0 Å². The Morgan fingerprint density at radius 2 is 1.83 bits per heavy atom. The van der Waals surface area contributed by atoms with Gasteiger partial charge in [-0.15, -0.1) is 6.58 Å². The van der Waals surface area contributed by atoms with E-state index in [2.05, 4.69) is 20.4 Å². The molecule has 72 valence electrons. The van der Waals surface area contributed by atoms with Crippen molar-refractivity contribution in [1.29, 1.82) is 0 Å². The van der Waals surface area contributed by atoms with Gasteiger partial charge in [0.15, 0.2) is 0 Å². The topological polar surface area (TPSA) is 20.2 Å². The highest BCUT2D eigenvalue weighted by molar-refractivity contribution is 4.71. The molecule has 0 aliphatic carbocycles. The van der Waals surface area contributed by atoms with Crippen LogP contribution in [0.15, 0.2) is 12.7 Å². The van der Waals surface area contributed by atoms with E-state index in [0.717, 1.165) is 25.2 Å². The van der Waals surface area contributed by atoms with Crippen LogP contribution in [0.3, 0.4) is 0 Å². The lowest BCUT2D eigenvalue weighted by atomic mass is 10.0. The number of aliphatic hydroxyl groups is 1. The molecule has 0 heterocycles. The van der Waals surface area contributed by atoms with E-state index in [4.69, 9.17) is 0 Å². The molecule has 0 radical (unpaired) electrons. The van der Waals surface area contributed by atoms with Gasteiger partial charge >= 0.3 is 0 Å². The van der Waals surface area contributed by atoms with Crippen LogP contribution >= 0.6 is 0 Å². The van der Waals surface area contributed by atoms with Gasteiger partial charge in [-0.25, -0.2) is 0 Å². The van der Waals surface area contributed by atoms with Crippen molar-refractivity contribution in [2.75, 3.05) is 0 Å². The summed E-state index contributed by atoms with van der Waals surface area (Å²) >= 11 is 0. The zero-order valence-corrected chi connectivity index (χ0v) is 8.42.